The van der Waals surface area contributed by atoms with Gasteiger partial charge in [0.15, 0.2) is 18.0 Å². The molecule has 1 aromatic rings. The van der Waals surface area contributed by atoms with E-state index in [1.807, 2.05) is 0 Å². The summed E-state index contributed by atoms with van der Waals surface area (Å²) in [6.45, 7) is 0. The van der Waals surface area contributed by atoms with Gasteiger partial charge in [0.25, 0.3) is 0 Å². The highest BCUT2D eigenvalue weighted by Gasteiger charge is 2.54. The fourth-order valence-corrected chi connectivity index (χ4v) is 3.04. The number of amides is 1. The van der Waals surface area contributed by atoms with Crippen LogP contribution < -0.4 is 4.74 Å². The van der Waals surface area contributed by atoms with Crippen LogP contribution in [-0.2, 0) is 14.3 Å². The lowest BCUT2D eigenvalue weighted by atomic mass is 10.1. The minimum Gasteiger partial charge on any atom is -0.485 e. The van der Waals surface area contributed by atoms with Crippen molar-refractivity contribution < 1.29 is 24.2 Å². The van der Waals surface area contributed by atoms with Crippen LogP contribution in [0.25, 0.3) is 5.57 Å². The molecule has 3 heterocycles. The van der Waals surface area contributed by atoms with Crippen molar-refractivity contribution in [3.8, 4) is 5.06 Å². The first-order valence-electron chi connectivity index (χ1n) is 5.85. The van der Waals surface area contributed by atoms with Crippen molar-refractivity contribution in [1.82, 2.24) is 14.5 Å². The number of β-lactam (4-membered cyclic amide) rings is 1. The summed E-state index contributed by atoms with van der Waals surface area (Å²) in [6.07, 6.45) is -0.402. The number of hydrogen-bond acceptors (Lipinski definition) is 8. The molecule has 2 saturated heterocycles. The Bertz CT molecular complexity index is 671. The summed E-state index contributed by atoms with van der Waals surface area (Å²) in [7, 11) is 1.45. The van der Waals surface area contributed by atoms with Crippen LogP contribution in [0.4, 0.5) is 0 Å². The van der Waals surface area contributed by atoms with Crippen LogP contribution in [-0.4, -0.2) is 56.2 Å². The van der Waals surface area contributed by atoms with E-state index in [0.29, 0.717) is 16.3 Å². The van der Waals surface area contributed by atoms with Gasteiger partial charge in [-0.05, 0) is 0 Å². The number of allylic oxidation sites excluding steroid dienone is 1. The van der Waals surface area contributed by atoms with E-state index in [4.69, 9.17) is 21.7 Å². The molecule has 2 fully saturated rings. The van der Waals surface area contributed by atoms with Crippen LogP contribution >= 0.6 is 23.8 Å². The molecule has 21 heavy (non-hydrogen) atoms. The number of carbonyl (C=O) groups excluding carboxylic acids is 1. The first-order chi connectivity index (χ1) is 10.1. The number of hydrogen-bond donors (Lipinski definition) is 1. The van der Waals surface area contributed by atoms with Gasteiger partial charge in [0.1, 0.15) is 5.76 Å². The minimum atomic E-state index is -1.20. The van der Waals surface area contributed by atoms with Gasteiger partial charge in [-0.15, -0.1) is 5.10 Å². The topological polar surface area (TPSA) is 102 Å². The van der Waals surface area contributed by atoms with Crippen LogP contribution in [0, 0.1) is 0 Å². The second kappa shape index (κ2) is 5.04. The Morgan fingerprint density at radius 1 is 1.67 bits per heavy atom. The molecule has 2 aliphatic rings. The molecule has 2 atom stereocenters. The fraction of sp³-hybridized carbons (Fsp3) is 0.364. The maximum Gasteiger partial charge on any atom is 0.334 e. The van der Waals surface area contributed by atoms with Crippen molar-refractivity contribution in [2.24, 2.45) is 0 Å². The van der Waals surface area contributed by atoms with Gasteiger partial charge in [-0.3, -0.25) is 9.69 Å². The molecule has 0 spiro atoms. The zero-order valence-electron chi connectivity index (χ0n) is 10.7. The lowest BCUT2D eigenvalue weighted by Gasteiger charge is -2.33. The van der Waals surface area contributed by atoms with Crippen LogP contribution in [0.15, 0.2) is 5.76 Å². The summed E-state index contributed by atoms with van der Waals surface area (Å²) >= 11 is 5.97. The van der Waals surface area contributed by atoms with Crippen molar-refractivity contribution in [1.29, 1.82) is 0 Å². The molecular formula is C11H9N3O5S2. The largest absolute Gasteiger partial charge is 0.485 e. The molecule has 2 unspecified atom stereocenters. The highest BCUT2D eigenvalue weighted by atomic mass is 32.1. The predicted molar refractivity (Wildman–Crippen MR) is 74.8 cm³/mol. The normalized spacial score (nSPS) is 25.8. The minimum absolute atomic E-state index is 0.0966. The number of aromatic nitrogens is 2. The van der Waals surface area contributed by atoms with Crippen molar-refractivity contribution in [3.05, 3.63) is 11.5 Å². The number of carboxylic acid groups (broad SMARTS) is 1. The van der Waals surface area contributed by atoms with Gasteiger partial charge >= 0.3 is 5.97 Å². The number of fused-ring (bicyclic) bond motifs is 1. The maximum absolute atomic E-state index is 11.6. The molecular weight excluding hydrogens is 318 g/mol. The number of nitrogens with zero attached hydrogens (tertiary/aromatic N) is 3. The second-order valence-corrected chi connectivity index (χ2v) is 5.28. The highest BCUT2D eigenvalue weighted by molar-refractivity contribution is 7.79. The monoisotopic (exact) mass is 327 g/mol. The zero-order chi connectivity index (χ0) is 15.1. The number of carbonyl (C=O) groups is 2. The van der Waals surface area contributed by atoms with E-state index < -0.39 is 18.2 Å². The van der Waals surface area contributed by atoms with Crippen molar-refractivity contribution >= 4 is 46.6 Å². The number of thiocarbonyl (C=S) groups is 1. The lowest BCUT2D eigenvalue weighted by Crippen LogP contribution is -2.54. The third kappa shape index (κ3) is 1.98. The number of rotatable bonds is 4. The zero-order valence-corrected chi connectivity index (χ0v) is 12.3. The number of carboxylic acids is 1. The molecule has 0 bridgehead atoms. The molecule has 0 aliphatic carbocycles. The summed E-state index contributed by atoms with van der Waals surface area (Å²) in [5.41, 5.74) is 0.610. The molecule has 10 heteroatoms. The third-order valence-electron chi connectivity index (χ3n) is 3.25. The Balaban J connectivity index is 2.12. The third-order valence-corrected chi connectivity index (χ3v) is 4.18. The van der Waals surface area contributed by atoms with Crippen LogP contribution in [0.5, 0.6) is 5.06 Å². The Morgan fingerprint density at radius 2 is 2.43 bits per heavy atom. The summed E-state index contributed by atoms with van der Waals surface area (Å²) in [5.74, 6) is -1.36. The Morgan fingerprint density at radius 3 is 3.00 bits per heavy atom. The van der Waals surface area contributed by atoms with Crippen LogP contribution in [0.2, 0.25) is 0 Å². The first kappa shape index (κ1) is 13.9. The summed E-state index contributed by atoms with van der Waals surface area (Å²) < 4.78 is 14.4. The fourth-order valence-electron chi connectivity index (χ4n) is 2.30. The molecule has 0 radical (unpaired) electrons. The summed E-state index contributed by atoms with van der Waals surface area (Å²) in [6, 6.07) is -1.20. The quantitative estimate of drug-likeness (QED) is 0.478. The van der Waals surface area contributed by atoms with E-state index in [9.17, 15) is 14.7 Å². The molecule has 1 amide bonds. The summed E-state index contributed by atoms with van der Waals surface area (Å²) in [4.78, 5) is 24.2. The van der Waals surface area contributed by atoms with Crippen molar-refractivity contribution in [2.45, 2.75) is 18.7 Å². The van der Waals surface area contributed by atoms with Crippen molar-refractivity contribution in [3.63, 3.8) is 0 Å². The Labute approximate surface area is 128 Å². The van der Waals surface area contributed by atoms with Gasteiger partial charge < -0.3 is 14.6 Å². The molecule has 110 valence electrons. The van der Waals surface area contributed by atoms with E-state index in [-0.39, 0.29) is 18.1 Å². The van der Waals surface area contributed by atoms with E-state index >= 15 is 0 Å². The molecule has 2 aliphatic heterocycles. The summed E-state index contributed by atoms with van der Waals surface area (Å²) in [5, 5.41) is 14.9. The van der Waals surface area contributed by atoms with E-state index in [0.717, 1.165) is 11.5 Å². The maximum atomic E-state index is 11.6. The number of methoxy groups -OCH3 is 1. The number of aliphatic carboxylic acids is 1. The Kier molecular flexibility index (Phi) is 3.33. The van der Waals surface area contributed by atoms with Crippen LogP contribution in [0.1, 0.15) is 12.1 Å². The van der Waals surface area contributed by atoms with Crippen molar-refractivity contribution in [2.75, 3.05) is 7.11 Å². The Hall–Kier alpha value is -2.07. The second-order valence-electron chi connectivity index (χ2n) is 4.33. The average Bonchev–Trinajstić information content (AvgIpc) is 3.02. The predicted octanol–water partition coefficient (Wildman–Crippen LogP) is 0.299. The SMILES string of the molecule is COc1snnc1C(C=S)=C1OC2CC(=O)N2C1C(=O)O. The molecule has 0 saturated carbocycles. The van der Waals surface area contributed by atoms with E-state index in [1.54, 1.807) is 0 Å². The molecule has 8 nitrogen and oxygen atoms in total. The molecule has 0 aromatic carbocycles. The lowest BCUT2D eigenvalue weighted by molar-refractivity contribution is -0.163. The molecule has 3 rings (SSSR count). The van der Waals surface area contributed by atoms with Gasteiger partial charge in [-0.1, -0.05) is 16.7 Å². The standard InChI is InChI=1S/C11H9N3O5S2/c1-18-11-7(12-13-21-11)4(3-20)9-8(10(16)17)14-5(15)2-6(14)19-9/h3,6,8H,2H2,1H3,(H,16,17). The van der Waals surface area contributed by atoms with Crippen LogP contribution in [0.3, 0.4) is 0 Å². The first-order valence-corrected chi connectivity index (χ1v) is 7.09. The van der Waals surface area contributed by atoms with Gasteiger partial charge in [-0.2, -0.15) is 0 Å². The van der Waals surface area contributed by atoms with Gasteiger partial charge in [0.2, 0.25) is 11.0 Å². The smallest absolute Gasteiger partial charge is 0.334 e. The molecule has 1 aromatic heterocycles. The van der Waals surface area contributed by atoms with Gasteiger partial charge in [-0.25, -0.2) is 4.79 Å². The van der Waals surface area contributed by atoms with E-state index in [2.05, 4.69) is 9.59 Å². The molecule has 1 N–H and O–H groups in total. The van der Waals surface area contributed by atoms with E-state index in [1.165, 1.54) is 17.4 Å². The average molecular weight is 327 g/mol. The highest BCUT2D eigenvalue weighted by Crippen LogP contribution is 2.40. The van der Waals surface area contributed by atoms with Gasteiger partial charge in [0, 0.05) is 16.9 Å². The van der Waals surface area contributed by atoms with Gasteiger partial charge in [0.05, 0.1) is 19.1 Å². The number of ether oxygens (including phenoxy) is 2.